The molecule has 5 heteroatoms. The smallest absolute Gasteiger partial charge is 0.255 e. The number of carbonyl (C=O) groups is 1. The third-order valence-electron chi connectivity index (χ3n) is 2.53. The van der Waals surface area contributed by atoms with Gasteiger partial charge in [0.05, 0.1) is 23.5 Å². The summed E-state index contributed by atoms with van der Waals surface area (Å²) in [4.78, 5) is 16.0. The average Bonchev–Trinajstić information content (AvgIpc) is 2.43. The fourth-order valence-corrected chi connectivity index (χ4v) is 1.66. The summed E-state index contributed by atoms with van der Waals surface area (Å²) in [5, 5.41) is 11.9. The van der Waals surface area contributed by atoms with Gasteiger partial charge >= 0.3 is 0 Å². The number of rotatable bonds is 2. The lowest BCUT2D eigenvalue weighted by Crippen LogP contribution is -2.12. The molecule has 0 unspecified atom stereocenters. The van der Waals surface area contributed by atoms with E-state index in [9.17, 15) is 4.79 Å². The molecule has 19 heavy (non-hydrogen) atoms. The Balaban J connectivity index is 2.21. The standard InChI is InChI=1S/C14H10ClN3O/c1-9-5-12(8-17-13(9)15)18-14(19)11-4-2-3-10(6-11)7-16/h2-6,8H,1H3,(H,18,19). The van der Waals surface area contributed by atoms with E-state index in [1.165, 1.54) is 12.3 Å². The van der Waals surface area contributed by atoms with Crippen LogP contribution in [0.5, 0.6) is 0 Å². The number of carbonyl (C=O) groups excluding carboxylic acids is 1. The molecule has 4 nitrogen and oxygen atoms in total. The average molecular weight is 272 g/mol. The minimum atomic E-state index is -0.291. The first-order chi connectivity index (χ1) is 9.10. The molecule has 0 aliphatic rings. The first-order valence-electron chi connectivity index (χ1n) is 5.54. The van der Waals surface area contributed by atoms with E-state index >= 15 is 0 Å². The highest BCUT2D eigenvalue weighted by molar-refractivity contribution is 6.30. The van der Waals surface area contributed by atoms with Crippen LogP contribution in [0.25, 0.3) is 0 Å². The minimum absolute atomic E-state index is 0.291. The van der Waals surface area contributed by atoms with Crippen LogP contribution >= 0.6 is 11.6 Å². The molecular formula is C14H10ClN3O. The van der Waals surface area contributed by atoms with Crippen molar-refractivity contribution >= 4 is 23.2 Å². The molecule has 0 saturated heterocycles. The lowest BCUT2D eigenvalue weighted by molar-refractivity contribution is 0.102. The number of benzene rings is 1. The number of hydrogen-bond donors (Lipinski definition) is 1. The number of aryl methyl sites for hydroxylation is 1. The number of halogens is 1. The predicted molar refractivity (Wildman–Crippen MR) is 73.1 cm³/mol. The molecule has 1 aromatic carbocycles. The van der Waals surface area contributed by atoms with Gasteiger partial charge in [0.25, 0.3) is 5.91 Å². The first kappa shape index (κ1) is 13.1. The normalized spacial score (nSPS) is 9.74. The van der Waals surface area contributed by atoms with Gasteiger partial charge in [-0.05, 0) is 36.8 Å². The summed E-state index contributed by atoms with van der Waals surface area (Å²) in [7, 11) is 0. The Kier molecular flexibility index (Phi) is 3.79. The Morgan fingerprint density at radius 2 is 2.21 bits per heavy atom. The molecule has 0 atom stereocenters. The van der Waals surface area contributed by atoms with Crippen LogP contribution in [0, 0.1) is 18.3 Å². The van der Waals surface area contributed by atoms with Gasteiger partial charge in [0.15, 0.2) is 0 Å². The van der Waals surface area contributed by atoms with Crippen molar-refractivity contribution in [2.45, 2.75) is 6.92 Å². The lowest BCUT2D eigenvalue weighted by atomic mass is 10.1. The molecule has 0 spiro atoms. The molecule has 0 saturated carbocycles. The van der Waals surface area contributed by atoms with Crippen LogP contribution in [-0.2, 0) is 0 Å². The SMILES string of the molecule is Cc1cc(NC(=O)c2cccc(C#N)c2)cnc1Cl. The summed E-state index contributed by atoms with van der Waals surface area (Å²) in [5.74, 6) is -0.291. The number of nitriles is 1. The van der Waals surface area contributed by atoms with Gasteiger partial charge in [0.2, 0.25) is 0 Å². The Morgan fingerprint density at radius 1 is 1.42 bits per heavy atom. The van der Waals surface area contributed by atoms with Gasteiger partial charge < -0.3 is 5.32 Å². The van der Waals surface area contributed by atoms with Crippen LogP contribution in [0.4, 0.5) is 5.69 Å². The van der Waals surface area contributed by atoms with Crippen molar-refractivity contribution in [1.82, 2.24) is 4.98 Å². The van der Waals surface area contributed by atoms with E-state index in [4.69, 9.17) is 16.9 Å². The molecule has 1 aromatic heterocycles. The summed E-state index contributed by atoms with van der Waals surface area (Å²) in [6.07, 6.45) is 1.49. The zero-order valence-electron chi connectivity index (χ0n) is 10.1. The highest BCUT2D eigenvalue weighted by Gasteiger charge is 2.08. The van der Waals surface area contributed by atoms with Crippen LogP contribution in [0.2, 0.25) is 5.15 Å². The highest BCUT2D eigenvalue weighted by atomic mass is 35.5. The van der Waals surface area contributed by atoms with Crippen LogP contribution in [0.1, 0.15) is 21.5 Å². The van der Waals surface area contributed by atoms with Gasteiger partial charge in [0, 0.05) is 5.56 Å². The molecule has 0 bridgehead atoms. The number of nitrogens with zero attached hydrogens (tertiary/aromatic N) is 2. The molecule has 1 N–H and O–H groups in total. The summed E-state index contributed by atoms with van der Waals surface area (Å²) < 4.78 is 0. The van der Waals surface area contributed by atoms with E-state index < -0.39 is 0 Å². The lowest BCUT2D eigenvalue weighted by Gasteiger charge is -2.06. The van der Waals surface area contributed by atoms with Gasteiger partial charge in [-0.2, -0.15) is 5.26 Å². The number of nitrogens with one attached hydrogen (secondary N) is 1. The second kappa shape index (κ2) is 5.51. The van der Waals surface area contributed by atoms with Crippen LogP contribution in [0.3, 0.4) is 0 Å². The summed E-state index contributed by atoms with van der Waals surface area (Å²) in [6, 6.07) is 10.2. The fourth-order valence-electron chi connectivity index (χ4n) is 1.56. The molecule has 0 radical (unpaired) electrons. The maximum atomic E-state index is 12.0. The molecule has 94 valence electrons. The molecule has 0 aliphatic carbocycles. The van der Waals surface area contributed by atoms with Crippen LogP contribution < -0.4 is 5.32 Å². The molecule has 2 rings (SSSR count). The van der Waals surface area contributed by atoms with E-state index in [0.717, 1.165) is 5.56 Å². The van der Waals surface area contributed by atoms with Crippen molar-refractivity contribution in [3.63, 3.8) is 0 Å². The van der Waals surface area contributed by atoms with E-state index in [1.807, 2.05) is 6.07 Å². The van der Waals surface area contributed by atoms with Crippen LogP contribution in [-0.4, -0.2) is 10.9 Å². The Labute approximate surface area is 115 Å². The van der Waals surface area contributed by atoms with Gasteiger partial charge in [-0.15, -0.1) is 0 Å². The number of hydrogen-bond acceptors (Lipinski definition) is 3. The van der Waals surface area contributed by atoms with Crippen LogP contribution in [0.15, 0.2) is 36.5 Å². The molecular weight excluding hydrogens is 262 g/mol. The molecule has 1 heterocycles. The number of pyridine rings is 1. The zero-order valence-corrected chi connectivity index (χ0v) is 10.9. The van der Waals surface area contributed by atoms with E-state index in [0.29, 0.717) is 22.0 Å². The monoisotopic (exact) mass is 271 g/mol. The third kappa shape index (κ3) is 3.09. The number of anilines is 1. The van der Waals surface area contributed by atoms with Gasteiger partial charge in [0.1, 0.15) is 5.15 Å². The zero-order chi connectivity index (χ0) is 13.8. The van der Waals surface area contributed by atoms with Crippen molar-refractivity contribution in [1.29, 1.82) is 5.26 Å². The van der Waals surface area contributed by atoms with E-state index in [1.54, 1.807) is 31.2 Å². The van der Waals surface area contributed by atoms with Crippen molar-refractivity contribution in [3.05, 3.63) is 58.4 Å². The molecule has 0 aliphatic heterocycles. The van der Waals surface area contributed by atoms with Crippen molar-refractivity contribution in [2.75, 3.05) is 5.32 Å². The largest absolute Gasteiger partial charge is 0.321 e. The third-order valence-corrected chi connectivity index (χ3v) is 2.92. The second-order valence-electron chi connectivity index (χ2n) is 3.98. The predicted octanol–water partition coefficient (Wildman–Crippen LogP) is 3.17. The summed E-state index contributed by atoms with van der Waals surface area (Å²) in [6.45, 7) is 1.81. The minimum Gasteiger partial charge on any atom is -0.321 e. The second-order valence-corrected chi connectivity index (χ2v) is 4.34. The summed E-state index contributed by atoms with van der Waals surface area (Å²) >= 11 is 5.81. The Morgan fingerprint density at radius 3 is 2.89 bits per heavy atom. The van der Waals surface area contributed by atoms with Crippen molar-refractivity contribution in [2.24, 2.45) is 0 Å². The highest BCUT2D eigenvalue weighted by Crippen LogP contribution is 2.17. The molecule has 2 aromatic rings. The molecule has 1 amide bonds. The van der Waals surface area contributed by atoms with Gasteiger partial charge in [-0.25, -0.2) is 4.98 Å². The molecule has 0 fully saturated rings. The van der Waals surface area contributed by atoms with Gasteiger partial charge in [-0.3, -0.25) is 4.79 Å². The van der Waals surface area contributed by atoms with Gasteiger partial charge in [-0.1, -0.05) is 17.7 Å². The van der Waals surface area contributed by atoms with Crippen molar-refractivity contribution < 1.29 is 4.79 Å². The first-order valence-corrected chi connectivity index (χ1v) is 5.91. The fraction of sp³-hybridized carbons (Fsp3) is 0.0714. The quantitative estimate of drug-likeness (QED) is 0.853. The topological polar surface area (TPSA) is 65.8 Å². The van der Waals surface area contributed by atoms with Crippen molar-refractivity contribution in [3.8, 4) is 6.07 Å². The van der Waals surface area contributed by atoms with E-state index in [2.05, 4.69) is 10.3 Å². The maximum absolute atomic E-state index is 12.0. The summed E-state index contributed by atoms with van der Waals surface area (Å²) in [5.41, 5.74) is 2.21. The number of aromatic nitrogens is 1. The number of amides is 1. The van der Waals surface area contributed by atoms with E-state index in [-0.39, 0.29) is 5.91 Å². The Hall–Kier alpha value is -2.38. The maximum Gasteiger partial charge on any atom is 0.255 e. The Bertz CT molecular complexity index is 677.